The van der Waals surface area contributed by atoms with Crippen LogP contribution in [-0.4, -0.2) is 24.9 Å². The first-order valence-corrected chi connectivity index (χ1v) is 7.83. The minimum atomic E-state index is -3.94. The summed E-state index contributed by atoms with van der Waals surface area (Å²) in [5.41, 5.74) is 0.268. The highest BCUT2D eigenvalue weighted by Crippen LogP contribution is 2.23. The first-order chi connectivity index (χ1) is 10.0. The summed E-state index contributed by atoms with van der Waals surface area (Å²) in [7, 11) is -3.94. The van der Waals surface area contributed by atoms with Gasteiger partial charge in [0, 0.05) is 25.1 Å². The average Bonchev–Trinajstić information content (AvgIpc) is 2.47. The van der Waals surface area contributed by atoms with Crippen LogP contribution in [0.25, 0.3) is 0 Å². The van der Waals surface area contributed by atoms with Gasteiger partial charge in [0.25, 0.3) is 10.0 Å². The fraction of sp³-hybridized carbons (Fsp3) is 0.231. The van der Waals surface area contributed by atoms with Crippen LogP contribution < -0.4 is 10.0 Å². The van der Waals surface area contributed by atoms with Gasteiger partial charge in [0.15, 0.2) is 5.82 Å². The minimum Gasteiger partial charge on any atom is -0.384 e. The molecule has 0 aliphatic carbocycles. The van der Waals surface area contributed by atoms with E-state index in [1.807, 2.05) is 6.92 Å². The van der Waals surface area contributed by atoms with E-state index < -0.39 is 15.8 Å². The highest BCUT2D eigenvalue weighted by molar-refractivity contribution is 7.92. The van der Waals surface area contributed by atoms with Gasteiger partial charge in [-0.2, -0.15) is 0 Å². The molecule has 8 heteroatoms. The number of anilines is 2. The summed E-state index contributed by atoms with van der Waals surface area (Å²) in [4.78, 5) is 7.36. The summed E-state index contributed by atoms with van der Waals surface area (Å²) in [6.45, 7) is 2.59. The second-order valence-corrected chi connectivity index (χ2v) is 5.91. The number of nitrogens with zero attached hydrogens (tertiary/aromatic N) is 2. The minimum absolute atomic E-state index is 0.0327. The molecule has 2 rings (SSSR count). The molecular formula is C13H15FN4O2S. The predicted molar refractivity (Wildman–Crippen MR) is 78.0 cm³/mol. The molecule has 0 spiro atoms. The third-order valence-corrected chi connectivity index (χ3v) is 4.05. The maximum atomic E-state index is 13.5. The number of aromatic nitrogens is 2. The Morgan fingerprint density at radius 3 is 2.48 bits per heavy atom. The van der Waals surface area contributed by atoms with E-state index in [2.05, 4.69) is 20.0 Å². The lowest BCUT2D eigenvalue weighted by Gasteiger charge is -2.13. The fourth-order valence-electron chi connectivity index (χ4n) is 1.66. The molecule has 0 fully saturated rings. The van der Waals surface area contributed by atoms with Crippen molar-refractivity contribution in [1.29, 1.82) is 0 Å². The molecule has 0 bridgehead atoms. The highest BCUT2D eigenvalue weighted by Gasteiger charge is 2.20. The van der Waals surface area contributed by atoms with Crippen molar-refractivity contribution in [3.8, 4) is 0 Å². The van der Waals surface area contributed by atoms with E-state index in [0.29, 0.717) is 12.2 Å². The van der Waals surface area contributed by atoms with Gasteiger partial charge < -0.3 is 5.32 Å². The van der Waals surface area contributed by atoms with Crippen molar-refractivity contribution in [3.63, 3.8) is 0 Å². The third-order valence-electron chi connectivity index (χ3n) is 2.66. The van der Waals surface area contributed by atoms with E-state index in [1.54, 1.807) is 6.07 Å². The van der Waals surface area contributed by atoms with Crippen LogP contribution in [0.1, 0.15) is 13.3 Å². The van der Waals surface area contributed by atoms with E-state index in [4.69, 9.17) is 0 Å². The Morgan fingerprint density at radius 1 is 1.14 bits per heavy atom. The van der Waals surface area contributed by atoms with Crippen LogP contribution in [0, 0.1) is 5.82 Å². The van der Waals surface area contributed by atoms with E-state index in [1.165, 1.54) is 24.7 Å². The zero-order valence-corrected chi connectivity index (χ0v) is 12.2. The molecule has 0 aliphatic rings. The number of pyridine rings is 2. The van der Waals surface area contributed by atoms with Gasteiger partial charge in [-0.15, -0.1) is 0 Å². The summed E-state index contributed by atoms with van der Waals surface area (Å²) in [5, 5.41) is 3.00. The van der Waals surface area contributed by atoms with Crippen molar-refractivity contribution >= 4 is 21.4 Å². The summed E-state index contributed by atoms with van der Waals surface area (Å²) in [6, 6.07) is 2.82. The summed E-state index contributed by atoms with van der Waals surface area (Å²) < 4.78 is 40.4. The lowest BCUT2D eigenvalue weighted by molar-refractivity contribution is 0.598. The molecule has 0 saturated carbocycles. The number of halogens is 1. The molecule has 2 aromatic heterocycles. The zero-order chi connectivity index (χ0) is 15.3. The molecule has 0 aliphatic heterocycles. The second-order valence-electron chi connectivity index (χ2n) is 4.26. The molecular weight excluding hydrogens is 295 g/mol. The molecule has 0 unspecified atom stereocenters. The van der Waals surface area contributed by atoms with Crippen LogP contribution in [0.2, 0.25) is 0 Å². The number of hydrogen-bond acceptors (Lipinski definition) is 5. The normalized spacial score (nSPS) is 11.1. The Bertz CT molecular complexity index is 722. The number of nitrogens with one attached hydrogen (secondary N) is 2. The monoisotopic (exact) mass is 310 g/mol. The van der Waals surface area contributed by atoms with Crippen LogP contribution in [0.3, 0.4) is 0 Å². The number of hydrogen-bond donors (Lipinski definition) is 2. The Balaban J connectivity index is 2.34. The molecule has 0 saturated heterocycles. The van der Waals surface area contributed by atoms with E-state index in [9.17, 15) is 12.8 Å². The molecule has 0 amide bonds. The summed E-state index contributed by atoms with van der Waals surface area (Å²) >= 11 is 0. The van der Waals surface area contributed by atoms with Gasteiger partial charge in [0.1, 0.15) is 4.90 Å². The first-order valence-electron chi connectivity index (χ1n) is 6.35. The third kappa shape index (κ3) is 3.66. The lowest BCUT2D eigenvalue weighted by Crippen LogP contribution is -2.17. The standard InChI is InChI=1S/C13H15FN4O2S/c1-2-5-17-12-4-7-16-9-13(12)21(19,20)18-11-3-6-15-8-10(11)14/h3-4,6-9H,2,5H2,1H3,(H,15,18)(H,16,17). The first kappa shape index (κ1) is 15.2. The van der Waals surface area contributed by atoms with Crippen molar-refractivity contribution < 1.29 is 12.8 Å². The maximum Gasteiger partial charge on any atom is 0.265 e. The van der Waals surface area contributed by atoms with Crippen LogP contribution in [0.5, 0.6) is 0 Å². The smallest absolute Gasteiger partial charge is 0.265 e. The zero-order valence-electron chi connectivity index (χ0n) is 11.4. The highest BCUT2D eigenvalue weighted by atomic mass is 32.2. The van der Waals surface area contributed by atoms with Crippen molar-refractivity contribution in [3.05, 3.63) is 42.7 Å². The van der Waals surface area contributed by atoms with Gasteiger partial charge in [-0.05, 0) is 18.6 Å². The average molecular weight is 310 g/mol. The molecule has 0 aromatic carbocycles. The van der Waals surface area contributed by atoms with Crippen LogP contribution >= 0.6 is 0 Å². The molecule has 2 N–H and O–H groups in total. The SMILES string of the molecule is CCCNc1ccncc1S(=O)(=O)Nc1ccncc1F. The van der Waals surface area contributed by atoms with Gasteiger partial charge in [-0.3, -0.25) is 14.7 Å². The molecule has 21 heavy (non-hydrogen) atoms. The van der Waals surface area contributed by atoms with E-state index in [0.717, 1.165) is 12.6 Å². The predicted octanol–water partition coefficient (Wildman–Crippen LogP) is 2.24. The molecule has 112 valence electrons. The van der Waals surface area contributed by atoms with Gasteiger partial charge in [0.2, 0.25) is 0 Å². The largest absolute Gasteiger partial charge is 0.384 e. The fourth-order valence-corrected chi connectivity index (χ4v) is 2.85. The van der Waals surface area contributed by atoms with E-state index in [-0.39, 0.29) is 10.6 Å². The van der Waals surface area contributed by atoms with E-state index >= 15 is 0 Å². The van der Waals surface area contributed by atoms with Crippen molar-refractivity contribution in [2.45, 2.75) is 18.2 Å². The molecule has 0 atom stereocenters. The van der Waals surface area contributed by atoms with Crippen molar-refractivity contribution in [2.75, 3.05) is 16.6 Å². The van der Waals surface area contributed by atoms with Crippen LogP contribution in [-0.2, 0) is 10.0 Å². The van der Waals surface area contributed by atoms with Gasteiger partial charge >= 0.3 is 0 Å². The number of sulfonamides is 1. The molecule has 2 aromatic rings. The van der Waals surface area contributed by atoms with Gasteiger partial charge in [0.05, 0.1) is 17.6 Å². The van der Waals surface area contributed by atoms with Gasteiger partial charge in [-0.25, -0.2) is 12.8 Å². The van der Waals surface area contributed by atoms with Gasteiger partial charge in [-0.1, -0.05) is 6.92 Å². The molecule has 0 radical (unpaired) electrons. The molecule has 2 heterocycles. The Labute approximate surface area is 122 Å². The second kappa shape index (κ2) is 6.49. The molecule has 6 nitrogen and oxygen atoms in total. The van der Waals surface area contributed by atoms with Crippen molar-refractivity contribution in [2.24, 2.45) is 0 Å². The summed E-state index contributed by atoms with van der Waals surface area (Å²) in [5.74, 6) is -0.743. The maximum absolute atomic E-state index is 13.5. The topological polar surface area (TPSA) is 84.0 Å². The Hall–Kier alpha value is -2.22. The van der Waals surface area contributed by atoms with Crippen molar-refractivity contribution in [1.82, 2.24) is 9.97 Å². The quantitative estimate of drug-likeness (QED) is 0.855. The summed E-state index contributed by atoms with van der Waals surface area (Å²) in [6.07, 6.45) is 5.80. The number of rotatable bonds is 6. The lowest BCUT2D eigenvalue weighted by atomic mass is 10.4. The Morgan fingerprint density at radius 2 is 1.81 bits per heavy atom. The van der Waals surface area contributed by atoms with Crippen LogP contribution in [0.4, 0.5) is 15.8 Å². The van der Waals surface area contributed by atoms with Crippen LogP contribution in [0.15, 0.2) is 41.8 Å². The Kier molecular flexibility index (Phi) is 4.69.